The summed E-state index contributed by atoms with van der Waals surface area (Å²) in [6, 6.07) is 0. The molecule has 1 heterocycles. The van der Waals surface area contributed by atoms with Gasteiger partial charge in [-0.15, -0.1) is 0 Å². The molecule has 6 heteroatoms. The van der Waals surface area contributed by atoms with Crippen molar-refractivity contribution in [1.82, 2.24) is 15.5 Å². The van der Waals surface area contributed by atoms with Crippen molar-refractivity contribution in [2.75, 3.05) is 26.2 Å². The van der Waals surface area contributed by atoms with Crippen LogP contribution in [-0.2, 0) is 9.59 Å². The molecular weight excluding hydrogens is 280 g/mol. The van der Waals surface area contributed by atoms with Crippen LogP contribution in [0.2, 0.25) is 0 Å². The maximum atomic E-state index is 11.7. The number of imide groups is 1. The number of piperidine rings is 1. The molecule has 0 aromatic rings. The van der Waals surface area contributed by atoms with E-state index in [0.29, 0.717) is 38.3 Å². The van der Waals surface area contributed by atoms with E-state index < -0.39 is 0 Å². The number of likely N-dealkylation sites (tertiary alicyclic amines) is 1. The van der Waals surface area contributed by atoms with Crippen LogP contribution in [0.5, 0.6) is 0 Å². The van der Waals surface area contributed by atoms with Gasteiger partial charge < -0.3 is 10.6 Å². The summed E-state index contributed by atoms with van der Waals surface area (Å²) in [6.07, 6.45) is 3.89. The predicted octanol–water partition coefficient (Wildman–Crippen LogP) is 1.52. The lowest BCUT2D eigenvalue weighted by Gasteiger charge is -2.25. The molecule has 0 aromatic carbocycles. The van der Waals surface area contributed by atoms with Crippen LogP contribution in [0.3, 0.4) is 0 Å². The van der Waals surface area contributed by atoms with Gasteiger partial charge in [-0.1, -0.05) is 26.7 Å². The molecule has 1 aliphatic heterocycles. The Morgan fingerprint density at radius 3 is 2.32 bits per heavy atom. The highest BCUT2D eigenvalue weighted by Gasteiger charge is 2.25. The third kappa shape index (κ3) is 6.03. The van der Waals surface area contributed by atoms with Gasteiger partial charge in [0, 0.05) is 39.0 Å². The molecule has 0 saturated carbocycles. The van der Waals surface area contributed by atoms with Gasteiger partial charge in [0.05, 0.1) is 0 Å². The Morgan fingerprint density at radius 1 is 1.14 bits per heavy atom. The number of rotatable bonds is 8. The highest BCUT2D eigenvalue weighted by molar-refractivity contribution is 5.97. The summed E-state index contributed by atoms with van der Waals surface area (Å²) < 4.78 is 0. The molecule has 1 rings (SSSR count). The van der Waals surface area contributed by atoms with E-state index >= 15 is 0 Å². The van der Waals surface area contributed by atoms with Gasteiger partial charge in [0.2, 0.25) is 11.8 Å². The molecule has 0 aliphatic carbocycles. The molecule has 6 nitrogen and oxygen atoms in total. The second kappa shape index (κ2) is 10.2. The molecule has 2 N–H and O–H groups in total. The molecule has 1 saturated heterocycles. The molecule has 0 radical (unpaired) electrons. The van der Waals surface area contributed by atoms with Crippen LogP contribution >= 0.6 is 0 Å². The highest BCUT2D eigenvalue weighted by Crippen LogP contribution is 2.11. The number of hydrogen-bond acceptors (Lipinski definition) is 3. The largest absolute Gasteiger partial charge is 0.357 e. The zero-order valence-corrected chi connectivity index (χ0v) is 14.2. The molecule has 2 amide bonds. The summed E-state index contributed by atoms with van der Waals surface area (Å²) in [7, 11) is 0. The first-order chi connectivity index (χ1) is 10.6. The molecular formula is C16H30N4O2. The molecule has 126 valence electrons. The predicted molar refractivity (Wildman–Crippen MR) is 88.6 cm³/mol. The minimum Gasteiger partial charge on any atom is -0.357 e. The Hall–Kier alpha value is -1.59. The van der Waals surface area contributed by atoms with Gasteiger partial charge in [-0.2, -0.15) is 0 Å². The lowest BCUT2D eigenvalue weighted by Crippen LogP contribution is -2.46. The van der Waals surface area contributed by atoms with Gasteiger partial charge in [0.25, 0.3) is 0 Å². The number of guanidine groups is 1. The van der Waals surface area contributed by atoms with Gasteiger partial charge >= 0.3 is 0 Å². The van der Waals surface area contributed by atoms with Crippen LogP contribution in [0.15, 0.2) is 4.99 Å². The molecule has 0 atom stereocenters. The van der Waals surface area contributed by atoms with Crippen molar-refractivity contribution in [2.45, 2.75) is 52.9 Å². The summed E-state index contributed by atoms with van der Waals surface area (Å²) in [5, 5.41) is 6.40. The molecule has 22 heavy (non-hydrogen) atoms. The fourth-order valence-corrected chi connectivity index (χ4v) is 2.44. The van der Waals surface area contributed by atoms with E-state index in [1.165, 1.54) is 4.90 Å². The lowest BCUT2D eigenvalue weighted by atomic mass is 10.0. The van der Waals surface area contributed by atoms with E-state index in [1.54, 1.807) is 0 Å². The fraction of sp³-hybridized carbons (Fsp3) is 0.812. The SMILES string of the molecule is CCNC(=NCC(CC)CC)NCCN1C(=O)CCCC1=O. The normalized spacial score (nSPS) is 16.4. The Kier molecular flexibility index (Phi) is 8.55. The molecule has 0 spiro atoms. The first-order valence-electron chi connectivity index (χ1n) is 8.47. The minimum atomic E-state index is -0.0583. The molecule has 1 aliphatic rings. The number of carbonyl (C=O) groups is 2. The Bertz CT molecular complexity index is 376. The maximum absolute atomic E-state index is 11.7. The second-order valence-corrected chi connectivity index (χ2v) is 5.62. The fourth-order valence-electron chi connectivity index (χ4n) is 2.44. The van der Waals surface area contributed by atoms with Gasteiger partial charge in [-0.05, 0) is 19.3 Å². The monoisotopic (exact) mass is 310 g/mol. The molecule has 1 fully saturated rings. The standard InChI is InChI=1S/C16H30N4O2/c1-4-13(5-2)12-19-16(17-6-3)18-10-11-20-14(21)8-7-9-15(20)22/h13H,4-12H2,1-3H3,(H2,17,18,19). The van der Waals surface area contributed by atoms with Gasteiger partial charge in [0.1, 0.15) is 0 Å². The van der Waals surface area contributed by atoms with Crippen molar-refractivity contribution in [2.24, 2.45) is 10.9 Å². The molecule has 0 bridgehead atoms. The second-order valence-electron chi connectivity index (χ2n) is 5.62. The number of aliphatic imine (C=N–C) groups is 1. The van der Waals surface area contributed by atoms with Gasteiger partial charge in [0.15, 0.2) is 5.96 Å². The van der Waals surface area contributed by atoms with Crippen LogP contribution in [0, 0.1) is 5.92 Å². The van der Waals surface area contributed by atoms with Crippen molar-refractivity contribution >= 4 is 17.8 Å². The highest BCUT2D eigenvalue weighted by atomic mass is 16.2. The Balaban J connectivity index is 2.44. The number of nitrogens with zero attached hydrogens (tertiary/aromatic N) is 2. The summed E-state index contributed by atoms with van der Waals surface area (Å²) in [6.45, 7) is 8.90. The third-order valence-corrected chi connectivity index (χ3v) is 4.02. The topological polar surface area (TPSA) is 73.8 Å². The molecule has 0 unspecified atom stereocenters. The van der Waals surface area contributed by atoms with Crippen LogP contribution in [0.25, 0.3) is 0 Å². The zero-order chi connectivity index (χ0) is 16.4. The summed E-state index contributed by atoms with van der Waals surface area (Å²) in [4.78, 5) is 29.4. The maximum Gasteiger partial charge on any atom is 0.229 e. The lowest BCUT2D eigenvalue weighted by molar-refractivity contribution is -0.147. The first-order valence-corrected chi connectivity index (χ1v) is 8.47. The number of nitrogens with one attached hydrogen (secondary N) is 2. The van der Waals surface area contributed by atoms with Crippen LogP contribution < -0.4 is 10.6 Å². The van der Waals surface area contributed by atoms with E-state index in [9.17, 15) is 9.59 Å². The Morgan fingerprint density at radius 2 is 1.77 bits per heavy atom. The smallest absolute Gasteiger partial charge is 0.229 e. The molecule has 0 aromatic heterocycles. The number of carbonyl (C=O) groups excluding carboxylic acids is 2. The summed E-state index contributed by atoms with van der Waals surface area (Å²) in [5.41, 5.74) is 0. The summed E-state index contributed by atoms with van der Waals surface area (Å²) >= 11 is 0. The van der Waals surface area contributed by atoms with E-state index in [2.05, 4.69) is 29.5 Å². The van der Waals surface area contributed by atoms with Crippen LogP contribution in [0.1, 0.15) is 52.9 Å². The van der Waals surface area contributed by atoms with Crippen LogP contribution in [-0.4, -0.2) is 48.9 Å². The van der Waals surface area contributed by atoms with Crippen LogP contribution in [0.4, 0.5) is 0 Å². The van der Waals surface area contributed by atoms with E-state index in [4.69, 9.17) is 0 Å². The van der Waals surface area contributed by atoms with Crippen molar-refractivity contribution in [3.63, 3.8) is 0 Å². The zero-order valence-electron chi connectivity index (χ0n) is 14.2. The number of amides is 2. The van der Waals surface area contributed by atoms with E-state index in [1.807, 2.05) is 6.92 Å². The van der Waals surface area contributed by atoms with Crippen molar-refractivity contribution in [3.8, 4) is 0 Å². The van der Waals surface area contributed by atoms with Gasteiger partial charge in [-0.3, -0.25) is 19.5 Å². The third-order valence-electron chi connectivity index (χ3n) is 4.02. The van der Waals surface area contributed by atoms with Crippen molar-refractivity contribution < 1.29 is 9.59 Å². The van der Waals surface area contributed by atoms with E-state index in [-0.39, 0.29) is 11.8 Å². The Labute approximate surface area is 133 Å². The average Bonchev–Trinajstić information content (AvgIpc) is 2.51. The summed E-state index contributed by atoms with van der Waals surface area (Å²) in [5.74, 6) is 1.24. The first kappa shape index (κ1) is 18.5. The minimum absolute atomic E-state index is 0.0583. The van der Waals surface area contributed by atoms with Crippen molar-refractivity contribution in [3.05, 3.63) is 0 Å². The van der Waals surface area contributed by atoms with E-state index in [0.717, 1.165) is 31.9 Å². The number of hydrogen-bond donors (Lipinski definition) is 2. The quantitative estimate of drug-likeness (QED) is 0.405. The average molecular weight is 310 g/mol. The van der Waals surface area contributed by atoms with Gasteiger partial charge in [-0.25, -0.2) is 0 Å². The van der Waals surface area contributed by atoms with Crippen molar-refractivity contribution in [1.29, 1.82) is 0 Å².